The van der Waals surface area contributed by atoms with E-state index in [2.05, 4.69) is 6.07 Å². The molecule has 1 aliphatic rings. The lowest BCUT2D eigenvalue weighted by atomic mass is 9.89. The van der Waals surface area contributed by atoms with Crippen LogP contribution in [0.3, 0.4) is 0 Å². The number of benzene rings is 2. The van der Waals surface area contributed by atoms with Gasteiger partial charge in [-0.3, -0.25) is 4.79 Å². The minimum atomic E-state index is -4.88. The number of alkyl halides is 3. The van der Waals surface area contributed by atoms with Gasteiger partial charge in [-0.25, -0.2) is 0 Å². The predicted octanol–water partition coefficient (Wildman–Crippen LogP) is 6.50. The largest absolute Gasteiger partial charge is 0.481 e. The van der Waals surface area contributed by atoms with E-state index in [4.69, 9.17) is 16.3 Å². The van der Waals surface area contributed by atoms with Gasteiger partial charge in [-0.2, -0.15) is 18.4 Å². The molecule has 1 fully saturated rings. The zero-order chi connectivity index (χ0) is 23.0. The Hall–Kier alpha value is -2.98. The molecule has 1 N–H and O–H groups in total. The second kappa shape index (κ2) is 7.93. The summed E-state index contributed by atoms with van der Waals surface area (Å²) in [6.45, 7) is 3.05. The van der Waals surface area contributed by atoms with Gasteiger partial charge in [-0.1, -0.05) is 55.8 Å². The van der Waals surface area contributed by atoms with E-state index in [1.54, 1.807) is 48.5 Å². The van der Waals surface area contributed by atoms with Gasteiger partial charge < -0.3 is 9.84 Å². The first kappa shape index (κ1) is 22.7. The Labute approximate surface area is 182 Å². The third-order valence-electron chi connectivity index (χ3n) is 5.90. The van der Waals surface area contributed by atoms with Crippen molar-refractivity contribution in [2.75, 3.05) is 0 Å². The average Bonchev–Trinajstić information content (AvgIpc) is 3.18. The van der Waals surface area contributed by atoms with Crippen LogP contribution in [0.5, 0.6) is 11.5 Å². The second-order valence-corrected chi connectivity index (χ2v) is 8.37. The van der Waals surface area contributed by atoms with Crippen molar-refractivity contribution < 1.29 is 27.8 Å². The molecule has 162 valence electrons. The summed E-state index contributed by atoms with van der Waals surface area (Å²) in [4.78, 5) is 12.1. The van der Waals surface area contributed by atoms with Gasteiger partial charge in [0.2, 0.25) is 0 Å². The van der Waals surface area contributed by atoms with E-state index in [9.17, 15) is 28.3 Å². The van der Waals surface area contributed by atoms with Gasteiger partial charge >= 0.3 is 12.1 Å². The number of halogens is 4. The van der Waals surface area contributed by atoms with Crippen molar-refractivity contribution in [3.8, 4) is 17.6 Å². The molecule has 0 radical (unpaired) electrons. The first-order valence-corrected chi connectivity index (χ1v) is 9.74. The Morgan fingerprint density at radius 2 is 1.81 bits per heavy atom. The third kappa shape index (κ3) is 4.00. The van der Waals surface area contributed by atoms with Crippen LogP contribution >= 0.6 is 11.6 Å². The number of nitrogens with zero attached hydrogens (tertiary/aromatic N) is 1. The van der Waals surface area contributed by atoms with Crippen molar-refractivity contribution >= 4 is 17.6 Å². The van der Waals surface area contributed by atoms with Crippen LogP contribution in [0, 0.1) is 28.1 Å². The van der Waals surface area contributed by atoms with Crippen LogP contribution in [0.1, 0.15) is 25.3 Å². The van der Waals surface area contributed by atoms with Crippen molar-refractivity contribution in [1.29, 1.82) is 5.26 Å². The van der Waals surface area contributed by atoms with E-state index < -0.39 is 39.8 Å². The minimum Gasteiger partial charge on any atom is -0.481 e. The maximum absolute atomic E-state index is 13.0. The van der Waals surface area contributed by atoms with Crippen LogP contribution in [0.4, 0.5) is 13.2 Å². The predicted molar refractivity (Wildman–Crippen MR) is 109 cm³/mol. The SMILES string of the molecule is CC1(C)C(C(C#N)c2cccc(Oc3ccccc3)c2)C1(C=C(Cl)C(F)(F)F)C(=O)O. The summed E-state index contributed by atoms with van der Waals surface area (Å²) < 4.78 is 44.9. The molecule has 0 aromatic heterocycles. The van der Waals surface area contributed by atoms with Crippen molar-refractivity contribution in [3.05, 3.63) is 71.3 Å². The molecule has 2 aromatic rings. The third-order valence-corrected chi connectivity index (χ3v) is 6.22. The zero-order valence-corrected chi connectivity index (χ0v) is 17.4. The fourth-order valence-corrected chi connectivity index (χ4v) is 4.45. The van der Waals surface area contributed by atoms with Gasteiger partial charge in [0.1, 0.15) is 16.5 Å². The van der Waals surface area contributed by atoms with E-state index >= 15 is 0 Å². The number of hydrogen-bond donors (Lipinski definition) is 1. The van der Waals surface area contributed by atoms with Crippen LogP contribution in [0.2, 0.25) is 0 Å². The molecular formula is C23H19ClF3NO3. The summed E-state index contributed by atoms with van der Waals surface area (Å²) in [5.74, 6) is -2.38. The normalized spacial score (nSPS) is 23.5. The molecule has 0 saturated heterocycles. The quantitative estimate of drug-likeness (QED) is 0.546. The lowest BCUT2D eigenvalue weighted by molar-refractivity contribution is -0.143. The maximum atomic E-state index is 13.0. The maximum Gasteiger partial charge on any atom is 0.426 e. The summed E-state index contributed by atoms with van der Waals surface area (Å²) in [7, 11) is 0. The molecule has 3 rings (SSSR count). The Bertz CT molecular complexity index is 1060. The van der Waals surface area contributed by atoms with Gasteiger partial charge in [0.15, 0.2) is 0 Å². The Kier molecular flexibility index (Phi) is 5.81. The van der Waals surface area contributed by atoms with Gasteiger partial charge in [-0.15, -0.1) is 0 Å². The van der Waals surface area contributed by atoms with E-state index in [0.717, 1.165) is 0 Å². The summed E-state index contributed by atoms with van der Waals surface area (Å²) in [5.41, 5.74) is -2.62. The molecule has 4 nitrogen and oxygen atoms in total. The second-order valence-electron chi connectivity index (χ2n) is 7.96. The van der Waals surface area contributed by atoms with Crippen LogP contribution in [-0.2, 0) is 4.79 Å². The first-order chi connectivity index (χ1) is 14.4. The lowest BCUT2D eigenvalue weighted by Crippen LogP contribution is -2.22. The molecule has 1 aliphatic carbocycles. The van der Waals surface area contributed by atoms with Crippen LogP contribution in [-0.4, -0.2) is 17.3 Å². The number of rotatable bonds is 6. The van der Waals surface area contributed by atoms with Crippen molar-refractivity contribution in [2.24, 2.45) is 16.7 Å². The summed E-state index contributed by atoms with van der Waals surface area (Å²) >= 11 is 5.40. The van der Waals surface area contributed by atoms with Crippen molar-refractivity contribution in [3.63, 3.8) is 0 Å². The number of aliphatic carboxylic acids is 1. The molecule has 0 heterocycles. The fourth-order valence-electron chi connectivity index (χ4n) is 4.28. The molecule has 0 spiro atoms. The lowest BCUT2D eigenvalue weighted by Gasteiger charge is -2.15. The topological polar surface area (TPSA) is 70.3 Å². The van der Waals surface area contributed by atoms with Crippen molar-refractivity contribution in [1.82, 2.24) is 0 Å². The standard InChI is InChI=1S/C23H19ClF3NO3/c1-21(2)19(22(21,20(29)30)12-18(24)23(25,26)27)17(13-28)14-7-6-10-16(11-14)31-15-8-4-3-5-9-15/h3-12,17,19H,1-2H3,(H,29,30). The van der Waals surface area contributed by atoms with Gasteiger partial charge in [-0.05, 0) is 41.3 Å². The molecule has 31 heavy (non-hydrogen) atoms. The number of carboxylic acids is 1. The Balaban J connectivity index is 2.00. The fraction of sp³-hybridized carbons (Fsp3) is 0.304. The highest BCUT2D eigenvalue weighted by Crippen LogP contribution is 2.74. The zero-order valence-electron chi connectivity index (χ0n) is 16.7. The Morgan fingerprint density at radius 3 is 2.35 bits per heavy atom. The number of carboxylic acid groups (broad SMARTS) is 1. The number of allylic oxidation sites excluding steroid dienone is 1. The summed E-state index contributed by atoms with van der Waals surface area (Å²) in [6.07, 6.45) is -4.34. The van der Waals surface area contributed by atoms with E-state index in [1.807, 2.05) is 6.07 Å². The van der Waals surface area contributed by atoms with Crippen LogP contribution < -0.4 is 4.74 Å². The smallest absolute Gasteiger partial charge is 0.426 e. The summed E-state index contributed by atoms with van der Waals surface area (Å²) in [6, 6.07) is 17.5. The summed E-state index contributed by atoms with van der Waals surface area (Å²) in [5, 5.41) is 18.2. The molecule has 0 amide bonds. The number of hydrogen-bond acceptors (Lipinski definition) is 3. The van der Waals surface area contributed by atoms with E-state index in [1.165, 1.54) is 13.8 Å². The molecule has 0 bridgehead atoms. The molecule has 3 atom stereocenters. The van der Waals surface area contributed by atoms with Crippen LogP contribution in [0.15, 0.2) is 65.7 Å². The van der Waals surface area contributed by atoms with Crippen LogP contribution in [0.25, 0.3) is 0 Å². The van der Waals surface area contributed by atoms with E-state index in [-0.39, 0.29) is 0 Å². The molecule has 0 aliphatic heterocycles. The highest BCUT2D eigenvalue weighted by Gasteiger charge is 2.77. The number of nitriles is 1. The number of carbonyl (C=O) groups is 1. The number of para-hydroxylation sites is 1. The molecule has 3 unspecified atom stereocenters. The first-order valence-electron chi connectivity index (χ1n) is 9.36. The highest BCUT2D eigenvalue weighted by atomic mass is 35.5. The average molecular weight is 450 g/mol. The van der Waals surface area contributed by atoms with Gasteiger partial charge in [0.25, 0.3) is 0 Å². The molecule has 8 heteroatoms. The number of ether oxygens (including phenoxy) is 1. The monoisotopic (exact) mass is 449 g/mol. The minimum absolute atomic E-state index is 0.423. The van der Waals surface area contributed by atoms with Gasteiger partial charge in [0.05, 0.1) is 17.4 Å². The van der Waals surface area contributed by atoms with Crippen molar-refractivity contribution in [2.45, 2.75) is 25.9 Å². The molecule has 1 saturated carbocycles. The Morgan fingerprint density at radius 1 is 1.19 bits per heavy atom. The molecular weight excluding hydrogens is 431 g/mol. The highest BCUT2D eigenvalue weighted by molar-refractivity contribution is 6.30. The van der Waals surface area contributed by atoms with Gasteiger partial charge in [0, 0.05) is 5.92 Å². The molecule has 2 aromatic carbocycles. The van der Waals surface area contributed by atoms with E-state index in [0.29, 0.717) is 23.1 Å².